The van der Waals surface area contributed by atoms with Gasteiger partial charge in [-0.2, -0.15) is 0 Å². The SMILES string of the molecule is CC(C)c1ccc(N(C(=O)CNC(=O)c2cccs2)[C@H](C(=O)NCc2ccco2)c2ccccc2F)cc1. The van der Waals surface area contributed by atoms with Gasteiger partial charge in [-0.05, 0) is 53.3 Å². The van der Waals surface area contributed by atoms with Gasteiger partial charge in [-0.3, -0.25) is 19.3 Å². The lowest BCUT2D eigenvalue weighted by molar-refractivity contribution is -0.126. The third-order valence-electron chi connectivity index (χ3n) is 5.98. The summed E-state index contributed by atoms with van der Waals surface area (Å²) in [5, 5.41) is 7.13. The predicted octanol–water partition coefficient (Wildman–Crippen LogP) is 5.42. The first kappa shape index (κ1) is 26.8. The van der Waals surface area contributed by atoms with Crippen molar-refractivity contribution < 1.29 is 23.2 Å². The molecular weight excluding hydrogens is 505 g/mol. The zero-order chi connectivity index (χ0) is 27.1. The van der Waals surface area contributed by atoms with Gasteiger partial charge in [0.25, 0.3) is 5.91 Å². The highest BCUT2D eigenvalue weighted by Crippen LogP contribution is 2.31. The average Bonchev–Trinajstić information content (AvgIpc) is 3.64. The van der Waals surface area contributed by atoms with Crippen LogP contribution in [0.25, 0.3) is 0 Å². The summed E-state index contributed by atoms with van der Waals surface area (Å²) in [5.74, 6) is -1.46. The number of thiophene rings is 1. The van der Waals surface area contributed by atoms with Gasteiger partial charge in [0.2, 0.25) is 11.8 Å². The Bertz CT molecular complexity index is 1370. The van der Waals surface area contributed by atoms with Crippen molar-refractivity contribution in [1.82, 2.24) is 10.6 Å². The van der Waals surface area contributed by atoms with Gasteiger partial charge < -0.3 is 15.1 Å². The molecule has 0 spiro atoms. The topological polar surface area (TPSA) is 91.7 Å². The van der Waals surface area contributed by atoms with E-state index in [0.29, 0.717) is 16.3 Å². The van der Waals surface area contributed by atoms with Gasteiger partial charge in [0.1, 0.15) is 17.6 Å². The van der Waals surface area contributed by atoms with E-state index in [9.17, 15) is 14.4 Å². The molecule has 0 saturated heterocycles. The van der Waals surface area contributed by atoms with Crippen molar-refractivity contribution in [2.24, 2.45) is 0 Å². The van der Waals surface area contributed by atoms with Crippen molar-refractivity contribution in [3.63, 3.8) is 0 Å². The number of anilines is 1. The van der Waals surface area contributed by atoms with E-state index >= 15 is 4.39 Å². The van der Waals surface area contributed by atoms with E-state index in [1.807, 2.05) is 26.0 Å². The van der Waals surface area contributed by atoms with E-state index in [0.717, 1.165) is 5.56 Å². The normalized spacial score (nSPS) is 11.7. The fraction of sp³-hybridized carbons (Fsp3) is 0.207. The van der Waals surface area contributed by atoms with Crippen LogP contribution in [0.5, 0.6) is 0 Å². The fourth-order valence-electron chi connectivity index (χ4n) is 3.97. The number of nitrogens with one attached hydrogen (secondary N) is 2. The minimum absolute atomic E-state index is 0.0234. The lowest BCUT2D eigenvalue weighted by atomic mass is 10.00. The van der Waals surface area contributed by atoms with E-state index in [-0.39, 0.29) is 24.6 Å². The lowest BCUT2D eigenvalue weighted by Gasteiger charge is -2.32. The van der Waals surface area contributed by atoms with Crippen LogP contribution in [0.4, 0.5) is 10.1 Å². The fourth-order valence-corrected chi connectivity index (χ4v) is 4.61. The van der Waals surface area contributed by atoms with Gasteiger partial charge in [-0.25, -0.2) is 4.39 Å². The van der Waals surface area contributed by atoms with Crippen molar-refractivity contribution in [2.45, 2.75) is 32.4 Å². The quantitative estimate of drug-likeness (QED) is 0.285. The number of hydrogen-bond acceptors (Lipinski definition) is 5. The molecule has 4 aromatic rings. The van der Waals surface area contributed by atoms with E-state index < -0.39 is 29.6 Å². The van der Waals surface area contributed by atoms with Crippen LogP contribution in [-0.2, 0) is 16.1 Å². The summed E-state index contributed by atoms with van der Waals surface area (Å²) in [6.07, 6.45) is 1.48. The first-order valence-electron chi connectivity index (χ1n) is 12.1. The van der Waals surface area contributed by atoms with E-state index in [1.54, 1.807) is 47.8 Å². The Kier molecular flexibility index (Phi) is 8.70. The zero-order valence-electron chi connectivity index (χ0n) is 21.0. The molecule has 2 N–H and O–H groups in total. The van der Waals surface area contributed by atoms with Gasteiger partial charge in [0.05, 0.1) is 24.2 Å². The summed E-state index contributed by atoms with van der Waals surface area (Å²) in [4.78, 5) is 41.5. The number of carbonyl (C=O) groups is 3. The largest absolute Gasteiger partial charge is 0.467 e. The van der Waals surface area contributed by atoms with Crippen molar-refractivity contribution >= 4 is 34.7 Å². The molecule has 196 valence electrons. The molecule has 1 atom stereocenters. The van der Waals surface area contributed by atoms with Crippen LogP contribution in [0.3, 0.4) is 0 Å². The molecular formula is C29H28FN3O4S. The molecule has 0 aliphatic rings. The third kappa shape index (κ3) is 6.36. The number of amides is 3. The second-order valence-corrected chi connectivity index (χ2v) is 9.84. The summed E-state index contributed by atoms with van der Waals surface area (Å²) >= 11 is 1.25. The second kappa shape index (κ2) is 12.3. The van der Waals surface area contributed by atoms with Crippen LogP contribution in [0, 0.1) is 5.82 Å². The third-order valence-corrected chi connectivity index (χ3v) is 6.84. The molecule has 9 heteroatoms. The van der Waals surface area contributed by atoms with Gasteiger partial charge >= 0.3 is 0 Å². The minimum Gasteiger partial charge on any atom is -0.467 e. The number of nitrogens with zero attached hydrogens (tertiary/aromatic N) is 1. The van der Waals surface area contributed by atoms with Gasteiger partial charge in [0, 0.05) is 11.3 Å². The Morgan fingerprint density at radius 3 is 2.34 bits per heavy atom. The molecule has 4 rings (SSSR count). The maximum Gasteiger partial charge on any atom is 0.261 e. The Labute approximate surface area is 224 Å². The molecule has 2 aromatic carbocycles. The van der Waals surface area contributed by atoms with Gasteiger partial charge in [-0.15, -0.1) is 11.3 Å². The maximum atomic E-state index is 15.1. The van der Waals surface area contributed by atoms with E-state index in [4.69, 9.17) is 4.42 Å². The molecule has 0 radical (unpaired) electrons. The molecule has 2 heterocycles. The van der Waals surface area contributed by atoms with Crippen LogP contribution < -0.4 is 15.5 Å². The number of rotatable bonds is 10. The summed E-state index contributed by atoms with van der Waals surface area (Å²) in [7, 11) is 0. The molecule has 0 saturated carbocycles. The van der Waals surface area contributed by atoms with Crippen LogP contribution in [0.2, 0.25) is 0 Å². The minimum atomic E-state index is -1.35. The van der Waals surface area contributed by atoms with E-state index in [1.165, 1.54) is 40.7 Å². The monoisotopic (exact) mass is 533 g/mol. The number of carbonyl (C=O) groups excluding carboxylic acids is 3. The molecule has 38 heavy (non-hydrogen) atoms. The zero-order valence-corrected chi connectivity index (χ0v) is 21.8. The molecule has 0 aliphatic heterocycles. The van der Waals surface area contributed by atoms with Crippen molar-refractivity contribution in [3.05, 3.63) is 112 Å². The Morgan fingerprint density at radius 2 is 1.71 bits per heavy atom. The molecule has 0 fully saturated rings. The Hall–Kier alpha value is -4.24. The Morgan fingerprint density at radius 1 is 0.947 bits per heavy atom. The first-order valence-corrected chi connectivity index (χ1v) is 13.0. The average molecular weight is 534 g/mol. The summed E-state index contributed by atoms with van der Waals surface area (Å²) in [6.45, 7) is 3.75. The van der Waals surface area contributed by atoms with Crippen LogP contribution in [0.15, 0.2) is 88.9 Å². The Balaban J connectivity index is 1.71. The molecule has 0 bridgehead atoms. The molecule has 0 aliphatic carbocycles. The molecule has 0 unspecified atom stereocenters. The van der Waals surface area contributed by atoms with E-state index in [2.05, 4.69) is 10.6 Å². The second-order valence-electron chi connectivity index (χ2n) is 8.89. The van der Waals surface area contributed by atoms with Crippen LogP contribution in [-0.4, -0.2) is 24.3 Å². The van der Waals surface area contributed by atoms with Gasteiger partial charge in [0.15, 0.2) is 0 Å². The smallest absolute Gasteiger partial charge is 0.261 e. The maximum absolute atomic E-state index is 15.1. The number of halogens is 1. The van der Waals surface area contributed by atoms with Crippen molar-refractivity contribution in [1.29, 1.82) is 0 Å². The first-order chi connectivity index (χ1) is 18.3. The van der Waals surface area contributed by atoms with Crippen molar-refractivity contribution in [3.8, 4) is 0 Å². The predicted molar refractivity (Wildman–Crippen MR) is 144 cm³/mol. The molecule has 7 nitrogen and oxygen atoms in total. The highest BCUT2D eigenvalue weighted by atomic mass is 32.1. The summed E-state index contributed by atoms with van der Waals surface area (Å²) < 4.78 is 20.4. The standard InChI is InChI=1S/C29H28FN3O4S/c1-19(2)20-11-13-21(14-12-20)33(26(34)18-32-28(35)25-10-6-16-38-25)27(23-8-3-4-9-24(23)30)29(36)31-17-22-7-5-15-37-22/h3-16,19,27H,17-18H2,1-2H3,(H,31,36)(H,32,35)/t27-/m0/s1. The van der Waals surface area contributed by atoms with Crippen molar-refractivity contribution in [2.75, 3.05) is 11.4 Å². The summed E-state index contributed by atoms with van der Waals surface area (Å²) in [6, 6.07) is 18.4. The number of hydrogen-bond donors (Lipinski definition) is 2. The highest BCUT2D eigenvalue weighted by molar-refractivity contribution is 7.12. The van der Waals surface area contributed by atoms with Gasteiger partial charge in [-0.1, -0.05) is 50.2 Å². The van der Waals surface area contributed by atoms with Crippen LogP contribution in [0.1, 0.15) is 52.4 Å². The summed E-state index contributed by atoms with van der Waals surface area (Å²) in [5.41, 5.74) is 1.46. The van der Waals surface area contributed by atoms with Crippen LogP contribution >= 0.6 is 11.3 Å². The molecule has 3 amide bonds. The number of furan rings is 1. The molecule has 2 aromatic heterocycles. The highest BCUT2D eigenvalue weighted by Gasteiger charge is 2.34. The lowest BCUT2D eigenvalue weighted by Crippen LogP contribution is -2.47. The number of benzene rings is 2.